The fourth-order valence-electron chi connectivity index (χ4n) is 13.3. The first-order valence-corrected chi connectivity index (χ1v) is 34.5. The van der Waals surface area contributed by atoms with E-state index in [0.717, 1.165) is 64.6 Å². The highest BCUT2D eigenvalue weighted by atomic mass is 79.9. The van der Waals surface area contributed by atoms with Gasteiger partial charge in [-0.1, -0.05) is 292 Å². The number of benzene rings is 17. The first-order chi connectivity index (χ1) is 47.4. The van der Waals surface area contributed by atoms with Gasteiger partial charge in [0.15, 0.2) is 0 Å². The molecule has 0 heterocycles. The van der Waals surface area contributed by atoms with Gasteiger partial charge in [0.05, 0.1) is 0 Å². The number of halogens is 3. The second-order valence-corrected chi connectivity index (χ2v) is 26.2. The quantitative estimate of drug-likeness (QED) is 0.120. The van der Waals surface area contributed by atoms with Crippen LogP contribution in [0.1, 0.15) is 7.43 Å². The van der Waals surface area contributed by atoms with Crippen molar-refractivity contribution >= 4 is 164 Å². The van der Waals surface area contributed by atoms with Crippen molar-refractivity contribution in [3.05, 3.63) is 390 Å². The van der Waals surface area contributed by atoms with Crippen LogP contribution in [0, 0.1) is 0 Å². The molecule has 0 atom stereocenters. The molecule has 0 aliphatic carbocycles. The van der Waals surface area contributed by atoms with E-state index in [9.17, 15) is 0 Å². The maximum Gasteiger partial charge on any atom is 0.0472 e. The third-order valence-electron chi connectivity index (χ3n) is 17.6. The lowest BCUT2D eigenvalue weighted by Crippen LogP contribution is -2.09. The van der Waals surface area contributed by atoms with Gasteiger partial charge in [-0.25, -0.2) is 0 Å². The summed E-state index contributed by atoms with van der Waals surface area (Å²) in [4.78, 5) is 6.91. The van der Waals surface area contributed by atoms with E-state index >= 15 is 0 Å². The zero-order valence-electron chi connectivity index (χ0n) is 52.3. The Kier molecular flexibility index (Phi) is 19.0. The highest BCUT2D eigenvalue weighted by Crippen LogP contribution is 2.46. The van der Waals surface area contributed by atoms with Crippen molar-refractivity contribution in [3.63, 3.8) is 0 Å². The molecule has 0 unspecified atom stereocenters. The Hall–Kier alpha value is -10.9. The third-order valence-corrected chi connectivity index (χ3v) is 19.5. The number of hydrogen-bond donors (Lipinski definition) is 0. The van der Waals surface area contributed by atoms with Gasteiger partial charge in [0.1, 0.15) is 0 Å². The van der Waals surface area contributed by atoms with Crippen molar-refractivity contribution in [1.82, 2.24) is 0 Å². The zero-order chi connectivity index (χ0) is 64.7. The lowest BCUT2D eigenvalue weighted by molar-refractivity contribution is 1.28. The van der Waals surface area contributed by atoms with Crippen LogP contribution in [0.5, 0.6) is 0 Å². The largest absolute Gasteiger partial charge is 0.310 e. The molecule has 466 valence electrons. The van der Waals surface area contributed by atoms with E-state index in [1.54, 1.807) is 0 Å². The van der Waals surface area contributed by atoms with Crippen LogP contribution >= 0.6 is 47.8 Å². The SMILES string of the molecule is Brc1cc2c3ccccc3c(Br)cc2c2ccccc12.Brc1cccc(N(c2ccccc2)c2ccccc2)c1.C.c1ccc(N(c2ccccc2)c2cccc(-c3cc4c5ccccc5c(-c5cccc(N(c6ccccc6)c6ccccc6)c5)cc4c4ccccc34)c2)cc1. The van der Waals surface area contributed by atoms with Gasteiger partial charge >= 0.3 is 0 Å². The molecule has 0 radical (unpaired) electrons. The number of rotatable bonds is 11. The molecule has 0 bridgehead atoms. The number of anilines is 9. The number of para-hydroxylation sites is 6. The van der Waals surface area contributed by atoms with Crippen LogP contribution in [0.4, 0.5) is 51.2 Å². The molecule has 97 heavy (non-hydrogen) atoms. The molecular weight excluding hydrogens is 1370 g/mol. The van der Waals surface area contributed by atoms with Crippen molar-refractivity contribution in [2.45, 2.75) is 7.43 Å². The lowest BCUT2D eigenvalue weighted by Gasteiger charge is -2.26. The summed E-state index contributed by atoms with van der Waals surface area (Å²) in [6, 6.07) is 134. The zero-order valence-corrected chi connectivity index (χ0v) is 57.0. The first-order valence-electron chi connectivity index (χ1n) is 32.1. The molecule has 0 aliphatic heterocycles. The molecule has 6 heteroatoms. The Morgan fingerprint density at radius 1 is 0.165 bits per heavy atom. The second kappa shape index (κ2) is 29.0. The summed E-state index contributed by atoms with van der Waals surface area (Å²) >= 11 is 11.0. The van der Waals surface area contributed by atoms with Crippen LogP contribution in [-0.2, 0) is 0 Å². The monoisotopic (exact) mass is 1440 g/mol. The van der Waals surface area contributed by atoms with Gasteiger partial charge < -0.3 is 14.7 Å². The second-order valence-electron chi connectivity index (χ2n) is 23.5. The fourth-order valence-corrected chi connectivity index (χ4v) is 14.9. The smallest absolute Gasteiger partial charge is 0.0472 e. The summed E-state index contributed by atoms with van der Waals surface area (Å²) in [5, 5.41) is 15.1. The Balaban J connectivity index is 0.000000159. The third kappa shape index (κ3) is 13.2. The Labute approximate surface area is 592 Å². The molecule has 0 aromatic heterocycles. The van der Waals surface area contributed by atoms with Crippen LogP contribution in [0.25, 0.3) is 86.9 Å². The van der Waals surface area contributed by atoms with Crippen LogP contribution < -0.4 is 14.7 Å². The topological polar surface area (TPSA) is 9.72 Å². The van der Waals surface area contributed by atoms with Gasteiger partial charge in [-0.3, -0.25) is 0 Å². The van der Waals surface area contributed by atoms with Crippen LogP contribution in [0.15, 0.2) is 390 Å². The molecule has 0 N–H and O–H groups in total. The summed E-state index contributed by atoms with van der Waals surface area (Å²) in [6.45, 7) is 0. The van der Waals surface area contributed by atoms with Crippen LogP contribution in [-0.4, -0.2) is 0 Å². The minimum absolute atomic E-state index is 0. The van der Waals surface area contributed by atoms with E-state index in [0.29, 0.717) is 0 Å². The molecule has 0 amide bonds. The van der Waals surface area contributed by atoms with Crippen LogP contribution in [0.2, 0.25) is 0 Å². The van der Waals surface area contributed by atoms with Gasteiger partial charge in [0.25, 0.3) is 0 Å². The van der Waals surface area contributed by atoms with Crippen molar-refractivity contribution in [1.29, 1.82) is 0 Å². The van der Waals surface area contributed by atoms with Crippen molar-refractivity contribution in [3.8, 4) is 22.3 Å². The van der Waals surface area contributed by atoms with Gasteiger partial charge in [-0.05, 0) is 226 Å². The molecule has 0 spiro atoms. The van der Waals surface area contributed by atoms with Gasteiger partial charge in [-0.2, -0.15) is 0 Å². The maximum atomic E-state index is 3.71. The lowest BCUT2D eigenvalue weighted by atomic mass is 9.87. The molecular formula is C91H66Br3N3. The van der Waals surface area contributed by atoms with E-state index in [2.05, 4.69) is 420 Å². The molecule has 17 aromatic rings. The molecule has 17 aromatic carbocycles. The minimum Gasteiger partial charge on any atom is -0.310 e. The molecule has 0 aliphatic rings. The predicted molar refractivity (Wildman–Crippen MR) is 429 cm³/mol. The standard InChI is InChI=1S/C54H38N2.C18H10Br2.C18H14BrN.CH4/c1-5-21-41(22-6-1)55(42-23-7-2-8-24-42)45-29-17-19-39(35-45)51-37-53-50-34-16-14-32-48(50)52(38-54(53)49-33-15-13-31-47(49)51)40-20-18-30-46(36-40)56(43-25-9-3-10-26-43)44-27-11-4-12-28-44;19-17-10-16-12-6-2-4-8-14(12)18(20)9-15(16)11-5-1-3-7-13(11)17;19-15-8-7-13-18(14-15)20(16-9-3-1-4-10-16)17-11-5-2-6-12-17;/h1-38H;1-10H;1-14H;1H4. The normalized spacial score (nSPS) is 11.0. The minimum atomic E-state index is 0. The van der Waals surface area contributed by atoms with E-state index in [1.807, 2.05) is 18.2 Å². The molecule has 0 saturated heterocycles. The van der Waals surface area contributed by atoms with E-state index < -0.39 is 0 Å². The average Bonchev–Trinajstić information content (AvgIpc) is 0.791. The molecule has 0 fully saturated rings. The van der Waals surface area contributed by atoms with Crippen molar-refractivity contribution in [2.24, 2.45) is 0 Å². The van der Waals surface area contributed by atoms with Crippen molar-refractivity contribution < 1.29 is 0 Å². The fraction of sp³-hybridized carbons (Fsp3) is 0.0110. The Morgan fingerprint density at radius 2 is 0.392 bits per heavy atom. The van der Waals surface area contributed by atoms with E-state index in [4.69, 9.17) is 0 Å². The van der Waals surface area contributed by atoms with E-state index in [1.165, 1.54) is 86.9 Å². The number of hydrogen-bond acceptors (Lipinski definition) is 3. The van der Waals surface area contributed by atoms with Gasteiger partial charge in [0, 0.05) is 64.6 Å². The maximum absolute atomic E-state index is 3.71. The summed E-state index contributed by atoms with van der Waals surface area (Å²) in [5.74, 6) is 0. The predicted octanol–water partition coefficient (Wildman–Crippen LogP) is 28.6. The summed E-state index contributed by atoms with van der Waals surface area (Å²) in [5.41, 5.74) is 15.0. The molecule has 0 saturated carbocycles. The summed E-state index contributed by atoms with van der Waals surface area (Å²) in [7, 11) is 0. The van der Waals surface area contributed by atoms with E-state index in [-0.39, 0.29) is 7.43 Å². The number of fused-ring (bicyclic) bond motifs is 10. The first kappa shape index (κ1) is 63.5. The van der Waals surface area contributed by atoms with Gasteiger partial charge in [0.2, 0.25) is 0 Å². The average molecular weight is 1440 g/mol. The Morgan fingerprint density at radius 3 is 0.691 bits per heavy atom. The number of nitrogens with zero attached hydrogens (tertiary/aromatic N) is 3. The Bertz CT molecular complexity index is 5180. The summed E-state index contributed by atoms with van der Waals surface area (Å²) < 4.78 is 3.37. The highest BCUT2D eigenvalue weighted by molar-refractivity contribution is 9.11. The highest BCUT2D eigenvalue weighted by Gasteiger charge is 2.20. The summed E-state index contributed by atoms with van der Waals surface area (Å²) in [6.07, 6.45) is 0. The van der Waals surface area contributed by atoms with Gasteiger partial charge in [-0.15, -0.1) is 0 Å². The molecule has 3 nitrogen and oxygen atoms in total. The van der Waals surface area contributed by atoms with Crippen molar-refractivity contribution in [2.75, 3.05) is 14.7 Å². The molecule has 17 rings (SSSR count). The van der Waals surface area contributed by atoms with Crippen LogP contribution in [0.3, 0.4) is 0 Å².